The minimum atomic E-state index is -0.250. The van der Waals surface area contributed by atoms with Crippen LogP contribution in [0.5, 0.6) is 11.5 Å². The van der Waals surface area contributed by atoms with Gasteiger partial charge < -0.3 is 25.4 Å². The highest BCUT2D eigenvalue weighted by atomic mass is 127. The standard InChI is InChI=1S/C18H28N4O3.HI/c1-18(2,3)22-16(23)12-21-17(19-4)20-11-13-6-7-14-15(10-13)25-9-5-8-24-14;/h6-7,10H,5,8-9,11-12H2,1-4H3,(H,22,23)(H2,19,20,21);1H. The fraction of sp³-hybridized carbons (Fsp3) is 0.556. The van der Waals surface area contributed by atoms with E-state index in [0.29, 0.717) is 25.7 Å². The van der Waals surface area contributed by atoms with E-state index in [1.165, 1.54) is 0 Å². The van der Waals surface area contributed by atoms with E-state index in [1.807, 2.05) is 39.0 Å². The summed E-state index contributed by atoms with van der Waals surface area (Å²) < 4.78 is 11.3. The molecule has 7 nitrogen and oxygen atoms in total. The highest BCUT2D eigenvalue weighted by Gasteiger charge is 2.14. The Hall–Kier alpha value is -1.71. The Kier molecular flexibility index (Phi) is 8.97. The van der Waals surface area contributed by atoms with Gasteiger partial charge in [-0.25, -0.2) is 0 Å². The molecule has 0 aliphatic carbocycles. The van der Waals surface area contributed by atoms with Gasteiger partial charge in [0.15, 0.2) is 17.5 Å². The maximum Gasteiger partial charge on any atom is 0.239 e. The molecule has 1 aromatic rings. The summed E-state index contributed by atoms with van der Waals surface area (Å²) in [6.45, 7) is 7.91. The summed E-state index contributed by atoms with van der Waals surface area (Å²) in [6, 6.07) is 5.87. The average molecular weight is 476 g/mol. The zero-order chi connectivity index (χ0) is 18.3. The van der Waals surface area contributed by atoms with Crippen molar-refractivity contribution in [2.24, 2.45) is 4.99 Å². The van der Waals surface area contributed by atoms with Gasteiger partial charge in [0.1, 0.15) is 0 Å². The summed E-state index contributed by atoms with van der Waals surface area (Å²) >= 11 is 0. The molecule has 0 unspecified atom stereocenters. The molecule has 0 saturated heterocycles. The molecule has 1 heterocycles. The average Bonchev–Trinajstić information content (AvgIpc) is 2.78. The highest BCUT2D eigenvalue weighted by Crippen LogP contribution is 2.30. The van der Waals surface area contributed by atoms with Crippen molar-refractivity contribution < 1.29 is 14.3 Å². The first-order valence-corrected chi connectivity index (χ1v) is 8.51. The molecule has 2 rings (SSSR count). The van der Waals surface area contributed by atoms with Crippen LogP contribution >= 0.6 is 24.0 Å². The molecule has 3 N–H and O–H groups in total. The molecule has 26 heavy (non-hydrogen) atoms. The van der Waals surface area contributed by atoms with E-state index < -0.39 is 0 Å². The van der Waals surface area contributed by atoms with Crippen molar-refractivity contribution in [3.05, 3.63) is 23.8 Å². The van der Waals surface area contributed by atoms with Crippen molar-refractivity contribution in [1.82, 2.24) is 16.0 Å². The second kappa shape index (κ2) is 10.4. The molecular weight excluding hydrogens is 447 g/mol. The summed E-state index contributed by atoms with van der Waals surface area (Å²) in [7, 11) is 1.67. The fourth-order valence-electron chi connectivity index (χ4n) is 2.35. The van der Waals surface area contributed by atoms with Crippen molar-refractivity contribution in [3.8, 4) is 11.5 Å². The lowest BCUT2D eigenvalue weighted by molar-refractivity contribution is -0.121. The van der Waals surface area contributed by atoms with E-state index in [0.717, 1.165) is 23.5 Å². The fourth-order valence-corrected chi connectivity index (χ4v) is 2.35. The van der Waals surface area contributed by atoms with Crippen LogP contribution in [0.1, 0.15) is 32.8 Å². The molecule has 1 aromatic carbocycles. The number of carbonyl (C=O) groups is 1. The number of hydrogen-bond donors (Lipinski definition) is 3. The van der Waals surface area contributed by atoms with E-state index in [2.05, 4.69) is 20.9 Å². The molecule has 1 aliphatic rings. The third kappa shape index (κ3) is 7.67. The Bertz CT molecular complexity index is 629. The SMILES string of the molecule is CN=C(NCC(=O)NC(C)(C)C)NCc1ccc2c(c1)OCCCO2.I. The smallest absolute Gasteiger partial charge is 0.239 e. The van der Waals surface area contributed by atoms with Gasteiger partial charge in [-0.1, -0.05) is 6.07 Å². The van der Waals surface area contributed by atoms with E-state index in [4.69, 9.17) is 9.47 Å². The second-order valence-corrected chi connectivity index (χ2v) is 6.91. The van der Waals surface area contributed by atoms with Gasteiger partial charge >= 0.3 is 0 Å². The number of nitrogens with zero attached hydrogens (tertiary/aromatic N) is 1. The number of carbonyl (C=O) groups excluding carboxylic acids is 1. The second-order valence-electron chi connectivity index (χ2n) is 6.91. The maximum atomic E-state index is 11.9. The predicted octanol–water partition coefficient (Wildman–Crippen LogP) is 2.05. The number of hydrogen-bond acceptors (Lipinski definition) is 4. The van der Waals surface area contributed by atoms with E-state index >= 15 is 0 Å². The van der Waals surface area contributed by atoms with Gasteiger partial charge in [0, 0.05) is 25.6 Å². The van der Waals surface area contributed by atoms with Crippen molar-refractivity contribution in [1.29, 1.82) is 0 Å². The number of benzene rings is 1. The minimum Gasteiger partial charge on any atom is -0.490 e. The summed E-state index contributed by atoms with van der Waals surface area (Å²) in [4.78, 5) is 16.0. The monoisotopic (exact) mass is 476 g/mol. The van der Waals surface area contributed by atoms with Gasteiger partial charge in [-0.05, 0) is 38.5 Å². The number of amides is 1. The lowest BCUT2D eigenvalue weighted by atomic mass is 10.1. The minimum absolute atomic E-state index is 0. The maximum absolute atomic E-state index is 11.9. The van der Waals surface area contributed by atoms with Gasteiger partial charge in [0.2, 0.25) is 5.91 Å². The number of nitrogens with one attached hydrogen (secondary N) is 3. The number of fused-ring (bicyclic) bond motifs is 1. The predicted molar refractivity (Wildman–Crippen MR) is 114 cm³/mol. The zero-order valence-corrected chi connectivity index (χ0v) is 18.2. The molecule has 0 saturated carbocycles. The molecule has 146 valence electrons. The summed E-state index contributed by atoms with van der Waals surface area (Å²) in [5.74, 6) is 2.04. The first-order chi connectivity index (χ1) is 11.9. The van der Waals surface area contributed by atoms with E-state index in [1.54, 1.807) is 7.05 Å². The molecule has 0 bridgehead atoms. The van der Waals surface area contributed by atoms with Crippen LogP contribution in [0.25, 0.3) is 0 Å². The molecule has 0 aromatic heterocycles. The van der Waals surface area contributed by atoms with Gasteiger partial charge in [0.05, 0.1) is 19.8 Å². The van der Waals surface area contributed by atoms with Crippen LogP contribution in [0.4, 0.5) is 0 Å². The van der Waals surface area contributed by atoms with Crippen LogP contribution in [0, 0.1) is 0 Å². The summed E-state index contributed by atoms with van der Waals surface area (Å²) in [5.41, 5.74) is 0.797. The topological polar surface area (TPSA) is 84.0 Å². The van der Waals surface area contributed by atoms with E-state index in [9.17, 15) is 4.79 Å². The Labute approximate surface area is 172 Å². The lowest BCUT2D eigenvalue weighted by Crippen LogP contribution is -2.48. The third-order valence-electron chi connectivity index (χ3n) is 3.43. The number of rotatable bonds is 4. The zero-order valence-electron chi connectivity index (χ0n) is 15.8. The number of guanidine groups is 1. The lowest BCUT2D eigenvalue weighted by Gasteiger charge is -2.21. The van der Waals surface area contributed by atoms with Gasteiger partial charge in [-0.2, -0.15) is 0 Å². The van der Waals surface area contributed by atoms with Crippen LogP contribution in [0.3, 0.4) is 0 Å². The third-order valence-corrected chi connectivity index (χ3v) is 3.43. The Morgan fingerprint density at radius 1 is 1.15 bits per heavy atom. The van der Waals surface area contributed by atoms with Crippen molar-refractivity contribution in [2.75, 3.05) is 26.8 Å². The number of halogens is 1. The largest absolute Gasteiger partial charge is 0.490 e. The Morgan fingerprint density at radius 3 is 2.50 bits per heavy atom. The first-order valence-electron chi connectivity index (χ1n) is 8.51. The highest BCUT2D eigenvalue weighted by molar-refractivity contribution is 14.0. The van der Waals surface area contributed by atoms with Crippen LogP contribution in [0.15, 0.2) is 23.2 Å². The van der Waals surface area contributed by atoms with Crippen molar-refractivity contribution in [3.63, 3.8) is 0 Å². The molecule has 0 spiro atoms. The van der Waals surface area contributed by atoms with Crippen LogP contribution in [0.2, 0.25) is 0 Å². The van der Waals surface area contributed by atoms with Gasteiger partial charge in [-0.3, -0.25) is 9.79 Å². The van der Waals surface area contributed by atoms with E-state index in [-0.39, 0.29) is 42.0 Å². The summed E-state index contributed by atoms with van der Waals surface area (Å²) in [5, 5.41) is 9.09. The summed E-state index contributed by atoms with van der Waals surface area (Å²) in [6.07, 6.45) is 0.884. The molecular formula is C18H29IN4O3. The molecule has 1 amide bonds. The molecule has 1 aliphatic heterocycles. The van der Waals surface area contributed by atoms with Crippen molar-refractivity contribution >= 4 is 35.8 Å². The molecule has 0 radical (unpaired) electrons. The Morgan fingerprint density at radius 2 is 1.85 bits per heavy atom. The molecule has 8 heteroatoms. The van der Waals surface area contributed by atoms with Gasteiger partial charge in [0.25, 0.3) is 0 Å². The van der Waals surface area contributed by atoms with Gasteiger partial charge in [-0.15, -0.1) is 24.0 Å². The van der Waals surface area contributed by atoms with Crippen LogP contribution < -0.4 is 25.4 Å². The number of ether oxygens (including phenoxy) is 2. The Balaban J connectivity index is 0.00000338. The normalized spacial score (nSPS) is 13.9. The van der Waals surface area contributed by atoms with Crippen LogP contribution in [-0.4, -0.2) is 44.2 Å². The van der Waals surface area contributed by atoms with Crippen molar-refractivity contribution in [2.45, 2.75) is 39.3 Å². The number of aliphatic imine (C=N–C) groups is 1. The quantitative estimate of drug-likeness (QED) is 0.352. The first kappa shape index (κ1) is 22.3. The molecule has 0 fully saturated rings. The van der Waals surface area contributed by atoms with Crippen LogP contribution in [-0.2, 0) is 11.3 Å². The molecule has 0 atom stereocenters.